The summed E-state index contributed by atoms with van der Waals surface area (Å²) in [4.78, 5) is 17.3. The summed E-state index contributed by atoms with van der Waals surface area (Å²) in [5, 5.41) is 9.37. The second-order valence-electron chi connectivity index (χ2n) is 6.19. The number of nitrogens with zero attached hydrogens (tertiary/aromatic N) is 1. The van der Waals surface area contributed by atoms with Crippen molar-refractivity contribution < 1.29 is 19.0 Å². The molecule has 0 saturated carbocycles. The summed E-state index contributed by atoms with van der Waals surface area (Å²) in [6.45, 7) is 1.79. The van der Waals surface area contributed by atoms with E-state index in [0.717, 1.165) is 0 Å². The Morgan fingerprint density at radius 2 is 1.79 bits per heavy atom. The van der Waals surface area contributed by atoms with Crippen molar-refractivity contribution in [2.24, 2.45) is 0 Å². The highest BCUT2D eigenvalue weighted by molar-refractivity contribution is 7.80. The Morgan fingerprint density at radius 3 is 2.41 bits per heavy atom. The van der Waals surface area contributed by atoms with Crippen molar-refractivity contribution in [2.45, 2.75) is 13.0 Å². The third-order valence-electron chi connectivity index (χ3n) is 4.47. The molecule has 3 N–H and O–H groups in total. The number of methoxy groups -OCH3 is 3. The normalized spacial score (nSPS) is 15.9. The van der Waals surface area contributed by atoms with Crippen LogP contribution in [0.2, 0.25) is 0 Å². The Labute approximate surface area is 174 Å². The molecule has 3 rings (SSSR count). The van der Waals surface area contributed by atoms with Crippen LogP contribution in [0.5, 0.6) is 17.2 Å². The van der Waals surface area contributed by atoms with E-state index in [1.54, 1.807) is 64.8 Å². The SMILES string of the molecule is COc1cc(OC)c([C@@H]2NC(=S)NC(C)=C2C(=O)Nc2ccccn2)cc1OC. The van der Waals surface area contributed by atoms with Gasteiger partial charge in [0.25, 0.3) is 5.91 Å². The number of amides is 1. The average molecular weight is 414 g/mol. The van der Waals surface area contributed by atoms with Crippen molar-refractivity contribution in [3.05, 3.63) is 53.4 Å². The van der Waals surface area contributed by atoms with Gasteiger partial charge in [-0.3, -0.25) is 4.79 Å². The summed E-state index contributed by atoms with van der Waals surface area (Å²) < 4.78 is 16.3. The molecule has 1 atom stereocenters. The summed E-state index contributed by atoms with van der Waals surface area (Å²) >= 11 is 5.32. The van der Waals surface area contributed by atoms with Crippen LogP contribution in [-0.2, 0) is 4.79 Å². The van der Waals surface area contributed by atoms with E-state index < -0.39 is 6.04 Å². The monoisotopic (exact) mass is 414 g/mol. The number of nitrogens with one attached hydrogen (secondary N) is 3. The highest BCUT2D eigenvalue weighted by Crippen LogP contribution is 2.40. The van der Waals surface area contributed by atoms with Gasteiger partial charge in [-0.2, -0.15) is 0 Å². The highest BCUT2D eigenvalue weighted by Gasteiger charge is 2.33. The molecule has 29 heavy (non-hydrogen) atoms. The molecule has 1 aromatic carbocycles. The van der Waals surface area contributed by atoms with Crippen LogP contribution in [0.1, 0.15) is 18.5 Å². The molecule has 0 fully saturated rings. The smallest absolute Gasteiger partial charge is 0.256 e. The zero-order valence-electron chi connectivity index (χ0n) is 16.5. The number of hydrogen-bond donors (Lipinski definition) is 3. The second kappa shape index (κ2) is 8.78. The Hall–Kier alpha value is -3.33. The van der Waals surface area contributed by atoms with Crippen LogP contribution < -0.4 is 30.2 Å². The number of rotatable bonds is 6. The largest absolute Gasteiger partial charge is 0.496 e. The summed E-state index contributed by atoms with van der Waals surface area (Å²) in [5.41, 5.74) is 1.76. The van der Waals surface area contributed by atoms with Crippen LogP contribution in [0, 0.1) is 0 Å². The van der Waals surface area contributed by atoms with Gasteiger partial charge in [0.15, 0.2) is 16.6 Å². The topological polar surface area (TPSA) is 93.7 Å². The molecule has 2 aromatic rings. The van der Waals surface area contributed by atoms with Gasteiger partial charge in [0, 0.05) is 23.5 Å². The molecule has 2 heterocycles. The van der Waals surface area contributed by atoms with Gasteiger partial charge in [0.2, 0.25) is 0 Å². The Morgan fingerprint density at radius 1 is 1.10 bits per heavy atom. The molecule has 0 aliphatic carbocycles. The highest BCUT2D eigenvalue weighted by atomic mass is 32.1. The molecule has 8 nitrogen and oxygen atoms in total. The molecule has 0 spiro atoms. The van der Waals surface area contributed by atoms with Crippen molar-refractivity contribution in [3.8, 4) is 17.2 Å². The van der Waals surface area contributed by atoms with Gasteiger partial charge in [-0.25, -0.2) is 4.98 Å². The van der Waals surface area contributed by atoms with Gasteiger partial charge in [0.05, 0.1) is 32.9 Å². The zero-order valence-corrected chi connectivity index (χ0v) is 17.3. The van der Waals surface area contributed by atoms with Crippen molar-refractivity contribution in [1.29, 1.82) is 0 Å². The lowest BCUT2D eigenvalue weighted by Crippen LogP contribution is -2.45. The molecule has 0 unspecified atom stereocenters. The lowest BCUT2D eigenvalue weighted by molar-refractivity contribution is -0.113. The number of pyridine rings is 1. The van der Waals surface area contributed by atoms with Crippen molar-refractivity contribution >= 4 is 29.1 Å². The minimum absolute atomic E-state index is 0.314. The Balaban J connectivity index is 2.07. The lowest BCUT2D eigenvalue weighted by Gasteiger charge is -2.31. The van der Waals surface area contributed by atoms with Gasteiger partial charge in [-0.15, -0.1) is 0 Å². The molecule has 0 radical (unpaired) electrons. The van der Waals surface area contributed by atoms with E-state index in [9.17, 15) is 4.79 Å². The van der Waals surface area contributed by atoms with Crippen molar-refractivity contribution in [1.82, 2.24) is 15.6 Å². The zero-order chi connectivity index (χ0) is 21.0. The molecule has 0 bridgehead atoms. The number of thiocarbonyl (C=S) groups is 1. The predicted octanol–water partition coefficient (Wildman–Crippen LogP) is 2.54. The number of benzene rings is 1. The van der Waals surface area contributed by atoms with Gasteiger partial charge in [-0.05, 0) is 37.3 Å². The lowest BCUT2D eigenvalue weighted by atomic mass is 9.93. The number of carbonyl (C=O) groups is 1. The maximum absolute atomic E-state index is 13.1. The summed E-state index contributed by atoms with van der Waals surface area (Å²) in [6.07, 6.45) is 1.61. The molecule has 152 valence electrons. The maximum atomic E-state index is 13.1. The van der Waals surface area contributed by atoms with Crippen molar-refractivity contribution in [2.75, 3.05) is 26.6 Å². The van der Waals surface area contributed by atoms with E-state index in [1.165, 1.54) is 0 Å². The van der Waals surface area contributed by atoms with Crippen LogP contribution in [0.4, 0.5) is 5.82 Å². The van der Waals surface area contributed by atoms with E-state index in [1.807, 2.05) is 0 Å². The van der Waals surface area contributed by atoms with Crippen LogP contribution in [0.15, 0.2) is 47.8 Å². The first kappa shape index (κ1) is 20.4. The molecule has 1 aromatic heterocycles. The van der Waals surface area contributed by atoms with E-state index in [4.69, 9.17) is 26.4 Å². The van der Waals surface area contributed by atoms with Crippen LogP contribution in [0.3, 0.4) is 0 Å². The number of anilines is 1. The number of ether oxygens (including phenoxy) is 3. The number of hydrogen-bond acceptors (Lipinski definition) is 6. The quantitative estimate of drug-likeness (QED) is 0.621. The van der Waals surface area contributed by atoms with E-state index >= 15 is 0 Å². The summed E-state index contributed by atoms with van der Waals surface area (Å²) in [7, 11) is 4.64. The van der Waals surface area contributed by atoms with Gasteiger partial charge < -0.3 is 30.2 Å². The maximum Gasteiger partial charge on any atom is 0.256 e. The predicted molar refractivity (Wildman–Crippen MR) is 113 cm³/mol. The fourth-order valence-electron chi connectivity index (χ4n) is 3.13. The van der Waals surface area contributed by atoms with Crippen molar-refractivity contribution in [3.63, 3.8) is 0 Å². The molecule has 1 aliphatic heterocycles. The van der Waals surface area contributed by atoms with Crippen LogP contribution in [-0.4, -0.2) is 37.3 Å². The van der Waals surface area contributed by atoms with Crippen LogP contribution in [0.25, 0.3) is 0 Å². The fourth-order valence-corrected chi connectivity index (χ4v) is 3.40. The summed E-state index contributed by atoms with van der Waals surface area (Å²) in [5.74, 6) is 1.69. The van der Waals surface area contributed by atoms with E-state index in [0.29, 0.717) is 45.0 Å². The number of aromatic nitrogens is 1. The molecular formula is C20H22N4O4S. The van der Waals surface area contributed by atoms with E-state index in [-0.39, 0.29) is 5.91 Å². The molecule has 9 heteroatoms. The summed E-state index contributed by atoms with van der Waals surface area (Å²) in [6, 6.07) is 8.20. The number of allylic oxidation sites excluding steroid dienone is 1. The number of carbonyl (C=O) groups excluding carboxylic acids is 1. The third kappa shape index (κ3) is 4.24. The Bertz CT molecular complexity index is 962. The first-order valence-corrected chi connectivity index (χ1v) is 9.19. The van der Waals surface area contributed by atoms with Gasteiger partial charge in [-0.1, -0.05) is 6.07 Å². The molecule has 1 aliphatic rings. The fraction of sp³-hybridized carbons (Fsp3) is 0.250. The molecule has 0 saturated heterocycles. The molecular weight excluding hydrogens is 392 g/mol. The van der Waals surface area contributed by atoms with E-state index in [2.05, 4.69) is 20.9 Å². The van der Waals surface area contributed by atoms with Gasteiger partial charge in [0.1, 0.15) is 11.6 Å². The average Bonchev–Trinajstić information content (AvgIpc) is 2.72. The minimum atomic E-state index is -0.567. The minimum Gasteiger partial charge on any atom is -0.496 e. The first-order chi connectivity index (χ1) is 14.0. The van der Waals surface area contributed by atoms with Gasteiger partial charge >= 0.3 is 0 Å². The second-order valence-corrected chi connectivity index (χ2v) is 6.60. The standard InChI is InChI=1S/C20H22N4O4S/c1-11-17(19(25)23-16-7-5-6-8-21-16)18(24-20(29)22-11)12-9-14(27-3)15(28-4)10-13(12)26-2/h5-10,18H,1-4H3,(H,21,23,25)(H2,22,24,29)/t18-/m0/s1. The van der Waals surface area contributed by atoms with Crippen LogP contribution >= 0.6 is 12.2 Å². The Kier molecular flexibility index (Phi) is 6.18. The molecule has 1 amide bonds. The first-order valence-electron chi connectivity index (χ1n) is 8.79. The third-order valence-corrected chi connectivity index (χ3v) is 4.69.